The fraction of sp³-hybridized carbons (Fsp3) is 0.280. The molecule has 4 heterocycles. The van der Waals surface area contributed by atoms with Crippen LogP contribution < -0.4 is 11.1 Å². The van der Waals surface area contributed by atoms with Crippen molar-refractivity contribution in [2.45, 2.75) is 30.9 Å². The molecule has 18 nitrogen and oxygen atoms in total. The number of carbonyl (C=O) groups excluding carboxylic acids is 4. The highest BCUT2D eigenvalue weighted by Gasteiger charge is 2.55. The van der Waals surface area contributed by atoms with E-state index in [2.05, 4.69) is 15.5 Å². The molecule has 45 heavy (non-hydrogen) atoms. The number of phenols is 2. The molecule has 2 aromatic rings. The first-order valence-electron chi connectivity index (χ1n) is 12.6. The Morgan fingerprint density at radius 3 is 2.51 bits per heavy atom. The van der Waals surface area contributed by atoms with Crippen molar-refractivity contribution in [2.24, 2.45) is 5.16 Å². The maximum atomic E-state index is 13.3. The molecule has 0 aliphatic carbocycles. The van der Waals surface area contributed by atoms with Gasteiger partial charge >= 0.3 is 12.1 Å². The molecular weight excluding hydrogens is 640 g/mol. The van der Waals surface area contributed by atoms with Gasteiger partial charge in [0.2, 0.25) is 11.5 Å². The number of nitrogens with zero attached hydrogens (tertiary/aromatic N) is 4. The average molecular weight is 663 g/mol. The van der Waals surface area contributed by atoms with E-state index in [1.54, 1.807) is 0 Å². The zero-order chi connectivity index (χ0) is 33.0. The van der Waals surface area contributed by atoms with E-state index in [0.29, 0.717) is 4.90 Å². The first kappa shape index (κ1) is 31.1. The Balaban J connectivity index is 1.38. The van der Waals surface area contributed by atoms with Gasteiger partial charge in [0.1, 0.15) is 17.1 Å². The lowest BCUT2D eigenvalue weighted by Crippen LogP contribution is -2.70. The number of thioether (sulfide) groups is 1. The third kappa shape index (κ3) is 5.44. The fourth-order valence-electron chi connectivity index (χ4n) is 4.41. The zero-order valence-electron chi connectivity index (χ0n) is 23.0. The fourth-order valence-corrected chi connectivity index (χ4v) is 6.27. The Hall–Kier alpha value is -5.37. The number of benzene rings is 1. The molecule has 0 saturated carbocycles. The van der Waals surface area contributed by atoms with Gasteiger partial charge in [-0.05, 0) is 26.0 Å². The summed E-state index contributed by atoms with van der Waals surface area (Å²) in [4.78, 5) is 86.1. The number of hydrogen-bond donors (Lipinski definition) is 6. The van der Waals surface area contributed by atoms with Crippen molar-refractivity contribution >= 4 is 69.7 Å². The Kier molecular flexibility index (Phi) is 7.79. The van der Waals surface area contributed by atoms with Crippen LogP contribution in [0.25, 0.3) is 0 Å². The minimum atomic E-state index is -1.84. The summed E-state index contributed by atoms with van der Waals surface area (Å²) in [6.07, 6.45) is -1.80. The molecule has 0 spiro atoms. The van der Waals surface area contributed by atoms with E-state index in [9.17, 15) is 49.2 Å². The summed E-state index contributed by atoms with van der Waals surface area (Å²) in [7, 11) is 0. The van der Waals surface area contributed by atoms with Gasteiger partial charge in [0.25, 0.3) is 23.6 Å². The molecule has 1 fully saturated rings. The molecule has 1 aromatic heterocycles. The second-order valence-corrected chi connectivity index (χ2v) is 12.1. The van der Waals surface area contributed by atoms with E-state index < -0.39 is 88.0 Å². The summed E-state index contributed by atoms with van der Waals surface area (Å²) < 4.78 is 4.89. The van der Waals surface area contributed by atoms with Crippen LogP contribution in [0.1, 0.15) is 40.3 Å². The number of ether oxygens (including phenoxy) is 1. The van der Waals surface area contributed by atoms with Crippen molar-refractivity contribution in [3.05, 3.63) is 45.8 Å². The minimum Gasteiger partial charge on any atom is -0.504 e. The van der Waals surface area contributed by atoms with Crippen LogP contribution in [0.15, 0.2) is 34.1 Å². The van der Waals surface area contributed by atoms with Crippen molar-refractivity contribution in [1.29, 1.82) is 0 Å². The highest BCUT2D eigenvalue weighted by molar-refractivity contribution is 8.00. The third-order valence-electron chi connectivity index (χ3n) is 6.76. The number of aromatic hydroxyl groups is 2. The van der Waals surface area contributed by atoms with Gasteiger partial charge in [0, 0.05) is 16.7 Å². The van der Waals surface area contributed by atoms with Crippen LogP contribution in [-0.4, -0.2) is 106 Å². The number of nitrogens with one attached hydrogen (secondary N) is 1. The van der Waals surface area contributed by atoms with Gasteiger partial charge in [-0.25, -0.2) is 14.6 Å². The lowest BCUT2D eigenvalue weighted by atomic mass is 10.1. The number of carboxylic acids is 1. The van der Waals surface area contributed by atoms with Crippen LogP contribution in [0, 0.1) is 0 Å². The van der Waals surface area contributed by atoms with Crippen molar-refractivity contribution in [3.63, 3.8) is 0 Å². The molecule has 4 amide bonds. The van der Waals surface area contributed by atoms with Crippen molar-refractivity contribution in [2.75, 3.05) is 18.0 Å². The van der Waals surface area contributed by atoms with Gasteiger partial charge in [-0.1, -0.05) is 5.16 Å². The monoisotopic (exact) mass is 662 g/mol. The molecule has 7 N–H and O–H groups in total. The number of thiazole rings is 1. The van der Waals surface area contributed by atoms with E-state index in [-0.39, 0.29) is 27.7 Å². The number of fused-ring (bicyclic) bond motifs is 2. The lowest BCUT2D eigenvalue weighted by molar-refractivity contribution is -0.161. The second kappa shape index (κ2) is 11.3. The Morgan fingerprint density at radius 1 is 1.18 bits per heavy atom. The topological polar surface area (TPSA) is 272 Å². The maximum Gasteiger partial charge on any atom is 0.512 e. The summed E-state index contributed by atoms with van der Waals surface area (Å²) in [5, 5.41) is 45.2. The standard InChI is InChI=1S/C25H22N6O12S2/c1-25(2,22(38)39)43-29-13(10-7-45-23(26)27-10)16(34)28-14-19(37)31-20(42-24(40)41)8(6-44-21(14)31)5-30-17(35)9-3-4-11(32)15(33)12(9)18(30)36/h3-4,7,14,21,32-33H,5-6H2,1-2H3,(H2,26,27)(H,28,34)(H,38,39)(H,40,41)/b29-13-/t14?,21-/m0/s1. The summed E-state index contributed by atoms with van der Waals surface area (Å²) in [5.41, 5.74) is 2.72. The largest absolute Gasteiger partial charge is 0.512 e. The van der Waals surface area contributed by atoms with E-state index in [1.165, 1.54) is 19.2 Å². The summed E-state index contributed by atoms with van der Waals surface area (Å²) in [6.45, 7) is 1.87. The predicted molar refractivity (Wildman–Crippen MR) is 152 cm³/mol. The number of oxime groups is 1. The van der Waals surface area contributed by atoms with Crippen LogP contribution >= 0.6 is 23.1 Å². The number of nitrogen functional groups attached to an aromatic ring is 1. The number of amides is 4. The normalized spacial score (nSPS) is 19.6. The molecule has 3 aliphatic rings. The van der Waals surface area contributed by atoms with Crippen molar-refractivity contribution in [1.82, 2.24) is 20.1 Å². The SMILES string of the molecule is CC(C)(O/N=C(\C(=O)NC1C(=O)N2C(OC(=O)O)=C(CN3C(=O)c4ccc(O)c(O)c4C3=O)CS[C@@H]12)c1csc(N)n1)C(=O)O. The predicted octanol–water partition coefficient (Wildman–Crippen LogP) is 0.323. The number of carboxylic acid groups (broad SMARTS) is 2. The van der Waals surface area contributed by atoms with Gasteiger partial charge in [0.15, 0.2) is 22.3 Å². The molecule has 1 saturated heterocycles. The van der Waals surface area contributed by atoms with Crippen LogP contribution in [-0.2, 0) is 24.0 Å². The highest BCUT2D eigenvalue weighted by atomic mass is 32.2. The molecule has 1 unspecified atom stereocenters. The summed E-state index contributed by atoms with van der Waals surface area (Å²) in [5.74, 6) is -6.91. The molecule has 3 aliphatic heterocycles. The summed E-state index contributed by atoms with van der Waals surface area (Å²) >= 11 is 2.01. The smallest absolute Gasteiger partial charge is 0.504 e. The number of carbonyl (C=O) groups is 6. The molecule has 5 rings (SSSR count). The number of imide groups is 1. The lowest BCUT2D eigenvalue weighted by Gasteiger charge is -2.49. The Labute approximate surface area is 259 Å². The summed E-state index contributed by atoms with van der Waals surface area (Å²) in [6, 6.07) is 0.939. The molecule has 236 valence electrons. The molecule has 0 bridgehead atoms. The third-order valence-corrected chi connectivity index (χ3v) is 8.78. The van der Waals surface area contributed by atoms with E-state index in [0.717, 1.165) is 40.1 Å². The average Bonchev–Trinajstić information content (AvgIpc) is 3.50. The number of rotatable bonds is 9. The van der Waals surface area contributed by atoms with Crippen molar-refractivity contribution < 1.29 is 58.8 Å². The van der Waals surface area contributed by atoms with Crippen LogP contribution in [0.4, 0.5) is 9.93 Å². The Bertz CT molecular complexity index is 1750. The molecule has 1 aromatic carbocycles. The van der Waals surface area contributed by atoms with Crippen LogP contribution in [0.3, 0.4) is 0 Å². The molecule has 0 radical (unpaired) electrons. The van der Waals surface area contributed by atoms with E-state index in [1.807, 2.05) is 0 Å². The number of nitrogens with two attached hydrogens (primary N) is 1. The number of aromatic nitrogens is 1. The van der Waals surface area contributed by atoms with Crippen molar-refractivity contribution in [3.8, 4) is 11.5 Å². The number of hydrogen-bond acceptors (Lipinski definition) is 15. The van der Waals surface area contributed by atoms with Crippen LogP contribution in [0.5, 0.6) is 11.5 Å². The van der Waals surface area contributed by atoms with E-state index in [4.69, 9.17) is 15.3 Å². The van der Waals surface area contributed by atoms with E-state index >= 15 is 0 Å². The second-order valence-electron chi connectivity index (χ2n) is 10.1. The number of β-lactam (4-membered cyclic amide) rings is 1. The minimum absolute atomic E-state index is 0.0551. The van der Waals surface area contributed by atoms with Gasteiger partial charge in [-0.15, -0.1) is 23.1 Å². The molecular formula is C25H22N6O12S2. The first-order valence-corrected chi connectivity index (χ1v) is 14.6. The maximum absolute atomic E-state index is 13.3. The van der Waals surface area contributed by atoms with Gasteiger partial charge < -0.3 is 41.1 Å². The molecule has 2 atom stereocenters. The van der Waals surface area contributed by atoms with Gasteiger partial charge in [-0.2, -0.15) is 0 Å². The highest BCUT2D eigenvalue weighted by Crippen LogP contribution is 2.42. The Morgan fingerprint density at radius 2 is 1.89 bits per heavy atom. The number of anilines is 1. The first-order chi connectivity index (χ1) is 21.1. The number of aliphatic carboxylic acids is 1. The van der Waals surface area contributed by atoms with Gasteiger partial charge in [-0.3, -0.25) is 29.0 Å². The number of phenolic OH excluding ortho intramolecular Hbond substituents is 2. The molecule has 20 heteroatoms. The zero-order valence-corrected chi connectivity index (χ0v) is 24.7. The van der Waals surface area contributed by atoms with Gasteiger partial charge in [0.05, 0.1) is 17.7 Å². The quantitative estimate of drug-likeness (QED) is 0.0527. The van der Waals surface area contributed by atoms with Crippen LogP contribution in [0.2, 0.25) is 0 Å².